The molecule has 4 saturated heterocycles. The molecule has 0 N–H and O–H groups in total. The van der Waals surface area contributed by atoms with Crippen molar-refractivity contribution in [3.8, 4) is 0 Å². The summed E-state index contributed by atoms with van der Waals surface area (Å²) < 4.78 is 46.0. The smallest absolute Gasteiger partial charge is 0.283 e. The van der Waals surface area contributed by atoms with Crippen molar-refractivity contribution in [2.75, 3.05) is 52.9 Å². The molecule has 0 bridgehead atoms. The molecule has 8 nitrogen and oxygen atoms in total. The van der Waals surface area contributed by atoms with Crippen molar-refractivity contribution in [1.29, 1.82) is 0 Å². The fraction of sp³-hybridized carbons (Fsp3) is 1.00. The molecule has 0 saturated carbocycles. The minimum absolute atomic E-state index is 0.0774. The van der Waals surface area contributed by atoms with Crippen molar-refractivity contribution >= 4 is 0 Å². The average molecular weight is 388 g/mol. The normalized spacial score (nSPS) is 39.3. The number of ether oxygens (including phenoxy) is 8. The molecule has 156 valence electrons. The van der Waals surface area contributed by atoms with Crippen molar-refractivity contribution < 1.29 is 37.9 Å². The summed E-state index contributed by atoms with van der Waals surface area (Å²) in [6.45, 7) is 8.80. The third-order valence-electron chi connectivity index (χ3n) is 5.16. The number of hydrogen-bond acceptors (Lipinski definition) is 8. The molecule has 4 atom stereocenters. The second-order valence-electron chi connectivity index (χ2n) is 8.57. The average Bonchev–Trinajstić information content (AvgIpc) is 3.41. The van der Waals surface area contributed by atoms with E-state index in [9.17, 15) is 0 Å². The standard InChI is InChI=1S/C19H32O8/c1-17(2,13-20-9-15-11-24-18(26-15)5-3-7-22-18)14-21-10-16-12-25-19(27-16)6-4-8-23-19/h15-16H,3-14H2,1-2H3. The molecule has 4 unspecified atom stereocenters. The molecule has 8 heteroatoms. The third-order valence-corrected chi connectivity index (χ3v) is 5.16. The summed E-state index contributed by atoms with van der Waals surface area (Å²) in [6, 6.07) is 0. The Morgan fingerprint density at radius 2 is 1.26 bits per heavy atom. The van der Waals surface area contributed by atoms with Gasteiger partial charge in [0.1, 0.15) is 12.2 Å². The van der Waals surface area contributed by atoms with Crippen LogP contribution in [0.5, 0.6) is 0 Å². The van der Waals surface area contributed by atoms with Gasteiger partial charge in [-0.15, -0.1) is 0 Å². The van der Waals surface area contributed by atoms with E-state index in [1.807, 2.05) is 0 Å². The quantitative estimate of drug-likeness (QED) is 0.623. The van der Waals surface area contributed by atoms with Gasteiger partial charge in [-0.05, 0) is 12.8 Å². The minimum atomic E-state index is -0.809. The zero-order valence-electron chi connectivity index (χ0n) is 16.4. The van der Waals surface area contributed by atoms with Crippen LogP contribution in [-0.2, 0) is 37.9 Å². The van der Waals surface area contributed by atoms with Crippen LogP contribution in [0.15, 0.2) is 0 Å². The molecule has 0 radical (unpaired) electrons. The van der Waals surface area contributed by atoms with Crippen LogP contribution in [0.1, 0.15) is 39.5 Å². The SMILES string of the molecule is CC(C)(COCC1COC2(CCCO2)O1)COCC1COC2(CCCO2)O1. The molecule has 0 aliphatic carbocycles. The van der Waals surface area contributed by atoms with Gasteiger partial charge in [0.15, 0.2) is 0 Å². The van der Waals surface area contributed by atoms with Crippen molar-refractivity contribution in [3.63, 3.8) is 0 Å². The van der Waals surface area contributed by atoms with Crippen molar-refractivity contribution in [1.82, 2.24) is 0 Å². The summed E-state index contributed by atoms with van der Waals surface area (Å²) in [7, 11) is 0. The lowest BCUT2D eigenvalue weighted by Gasteiger charge is -2.26. The topological polar surface area (TPSA) is 73.8 Å². The van der Waals surface area contributed by atoms with Crippen LogP contribution >= 0.6 is 0 Å². The number of rotatable bonds is 8. The summed E-state index contributed by atoms with van der Waals surface area (Å²) in [6.07, 6.45) is 3.38. The Morgan fingerprint density at radius 1 is 0.778 bits per heavy atom. The molecule has 4 aliphatic rings. The van der Waals surface area contributed by atoms with E-state index in [1.165, 1.54) is 0 Å². The summed E-state index contributed by atoms with van der Waals surface area (Å²) in [5.41, 5.74) is -0.109. The predicted molar refractivity (Wildman–Crippen MR) is 92.9 cm³/mol. The highest BCUT2D eigenvalue weighted by Crippen LogP contribution is 2.35. The van der Waals surface area contributed by atoms with E-state index in [1.54, 1.807) is 0 Å². The van der Waals surface area contributed by atoms with E-state index in [-0.39, 0.29) is 17.6 Å². The first-order valence-corrected chi connectivity index (χ1v) is 10.1. The van der Waals surface area contributed by atoms with Crippen LogP contribution < -0.4 is 0 Å². The minimum Gasteiger partial charge on any atom is -0.378 e. The maximum absolute atomic E-state index is 5.88. The maximum atomic E-state index is 5.88. The largest absolute Gasteiger partial charge is 0.378 e. The fourth-order valence-electron chi connectivity index (χ4n) is 3.81. The van der Waals surface area contributed by atoms with Gasteiger partial charge in [0, 0.05) is 18.3 Å². The Labute approximate surface area is 160 Å². The molecule has 0 aromatic carbocycles. The summed E-state index contributed by atoms with van der Waals surface area (Å²) in [5.74, 6) is -1.62. The van der Waals surface area contributed by atoms with E-state index < -0.39 is 11.9 Å². The summed E-state index contributed by atoms with van der Waals surface area (Å²) >= 11 is 0. The summed E-state index contributed by atoms with van der Waals surface area (Å²) in [4.78, 5) is 0. The van der Waals surface area contributed by atoms with Crippen LogP contribution in [0.2, 0.25) is 0 Å². The van der Waals surface area contributed by atoms with Crippen LogP contribution in [0.3, 0.4) is 0 Å². The van der Waals surface area contributed by atoms with Crippen LogP contribution in [-0.4, -0.2) is 77.0 Å². The molecule has 0 aromatic heterocycles. The maximum Gasteiger partial charge on any atom is 0.283 e. The molecule has 0 aromatic rings. The van der Waals surface area contributed by atoms with Crippen molar-refractivity contribution in [2.24, 2.45) is 5.41 Å². The van der Waals surface area contributed by atoms with Gasteiger partial charge in [-0.25, -0.2) is 0 Å². The Hall–Kier alpha value is -0.320. The monoisotopic (exact) mass is 388 g/mol. The fourth-order valence-corrected chi connectivity index (χ4v) is 3.81. The molecule has 4 fully saturated rings. The lowest BCUT2D eigenvalue weighted by atomic mass is 9.96. The van der Waals surface area contributed by atoms with Gasteiger partial charge in [-0.2, -0.15) is 0 Å². The highest BCUT2D eigenvalue weighted by atomic mass is 16.9. The predicted octanol–water partition coefficient (Wildman–Crippen LogP) is 1.80. The van der Waals surface area contributed by atoms with Crippen LogP contribution in [0.25, 0.3) is 0 Å². The van der Waals surface area contributed by atoms with Gasteiger partial charge < -0.3 is 37.9 Å². The lowest BCUT2D eigenvalue weighted by Crippen LogP contribution is -2.33. The van der Waals surface area contributed by atoms with Gasteiger partial charge >= 0.3 is 0 Å². The van der Waals surface area contributed by atoms with Gasteiger partial charge in [0.25, 0.3) is 11.9 Å². The molecule has 27 heavy (non-hydrogen) atoms. The van der Waals surface area contributed by atoms with E-state index in [0.29, 0.717) is 52.9 Å². The molecule has 4 aliphatic heterocycles. The van der Waals surface area contributed by atoms with E-state index in [0.717, 1.165) is 25.7 Å². The molecule has 4 rings (SSSR count). The first-order valence-electron chi connectivity index (χ1n) is 10.1. The third kappa shape index (κ3) is 5.00. The first-order chi connectivity index (χ1) is 13.0. The highest BCUT2D eigenvalue weighted by Gasteiger charge is 2.46. The van der Waals surface area contributed by atoms with Crippen LogP contribution in [0, 0.1) is 5.41 Å². The zero-order valence-corrected chi connectivity index (χ0v) is 16.4. The van der Waals surface area contributed by atoms with Gasteiger partial charge in [-0.3, -0.25) is 0 Å². The number of hydrogen-bond donors (Lipinski definition) is 0. The van der Waals surface area contributed by atoms with Gasteiger partial charge in [0.05, 0.1) is 52.9 Å². The second-order valence-corrected chi connectivity index (χ2v) is 8.57. The van der Waals surface area contributed by atoms with E-state index in [4.69, 9.17) is 37.9 Å². The summed E-state index contributed by atoms with van der Waals surface area (Å²) in [5, 5.41) is 0. The second kappa shape index (κ2) is 8.20. The van der Waals surface area contributed by atoms with Crippen LogP contribution in [0.4, 0.5) is 0 Å². The van der Waals surface area contributed by atoms with E-state index in [2.05, 4.69) is 13.8 Å². The molecular formula is C19H32O8. The molecule has 2 spiro atoms. The Kier molecular flexibility index (Phi) is 6.06. The Bertz CT molecular complexity index is 442. The van der Waals surface area contributed by atoms with Gasteiger partial charge in [0.2, 0.25) is 0 Å². The molecular weight excluding hydrogens is 356 g/mol. The Morgan fingerprint density at radius 3 is 1.67 bits per heavy atom. The lowest BCUT2D eigenvalue weighted by molar-refractivity contribution is -0.315. The Balaban J connectivity index is 1.09. The first kappa shape index (κ1) is 20.0. The molecule has 0 amide bonds. The highest BCUT2D eigenvalue weighted by molar-refractivity contribution is 4.77. The van der Waals surface area contributed by atoms with Crippen molar-refractivity contribution in [2.45, 2.75) is 63.7 Å². The zero-order chi connectivity index (χ0) is 18.8. The molecule has 4 heterocycles. The van der Waals surface area contributed by atoms with E-state index >= 15 is 0 Å². The van der Waals surface area contributed by atoms with Crippen molar-refractivity contribution in [3.05, 3.63) is 0 Å². The van der Waals surface area contributed by atoms with Gasteiger partial charge in [-0.1, -0.05) is 13.8 Å².